The average Bonchev–Trinajstić information content (AvgIpc) is 2.99. The molecule has 0 aliphatic heterocycles. The first-order valence-electron chi connectivity index (χ1n) is 7.56. The van der Waals surface area contributed by atoms with Crippen molar-refractivity contribution >= 4 is 17.6 Å². The summed E-state index contributed by atoms with van der Waals surface area (Å²) in [7, 11) is 0. The van der Waals surface area contributed by atoms with E-state index in [-0.39, 0.29) is 28.5 Å². The molecule has 1 heterocycles. The summed E-state index contributed by atoms with van der Waals surface area (Å²) in [5.74, 6) is -2.00. The smallest absolute Gasteiger partial charge is 0.339 e. The van der Waals surface area contributed by atoms with Crippen LogP contribution in [0.3, 0.4) is 0 Å². The van der Waals surface area contributed by atoms with Gasteiger partial charge in [-0.15, -0.1) is 0 Å². The number of aryl methyl sites for hydroxylation is 1. The number of hydrogen-bond acceptors (Lipinski definition) is 4. The van der Waals surface area contributed by atoms with Crippen LogP contribution < -0.4 is 10.1 Å². The molecule has 0 aliphatic rings. The van der Waals surface area contributed by atoms with Gasteiger partial charge in [0.15, 0.2) is 5.76 Å². The number of furan rings is 1. The Kier molecular flexibility index (Phi) is 5.57. The summed E-state index contributed by atoms with van der Waals surface area (Å²) in [4.78, 5) is 23.4. The van der Waals surface area contributed by atoms with Gasteiger partial charge in [-0.1, -0.05) is 13.8 Å². The summed E-state index contributed by atoms with van der Waals surface area (Å²) in [5.41, 5.74) is 0.227. The summed E-state index contributed by atoms with van der Waals surface area (Å²) in [6.07, 6.45) is 1.07. The van der Waals surface area contributed by atoms with Gasteiger partial charge < -0.3 is 19.6 Å². The zero-order chi connectivity index (χ0) is 17.7. The minimum atomic E-state index is -1.16. The lowest BCUT2D eigenvalue weighted by atomic mass is 10.2. The van der Waals surface area contributed by atoms with Gasteiger partial charge in [-0.05, 0) is 18.6 Å². The number of amides is 1. The fourth-order valence-electron chi connectivity index (χ4n) is 2.10. The largest absolute Gasteiger partial charge is 0.491 e. The molecule has 2 rings (SSSR count). The SMILES string of the molecule is CCCOc1cc(F)ccc1NC(=O)c1cc(C(=O)O)c(CC)o1. The van der Waals surface area contributed by atoms with Crippen molar-refractivity contribution in [3.05, 3.63) is 47.2 Å². The molecule has 0 radical (unpaired) electrons. The van der Waals surface area contributed by atoms with Gasteiger partial charge in [0.1, 0.15) is 22.9 Å². The number of aromatic carboxylic acids is 1. The molecular weight excluding hydrogens is 317 g/mol. The number of hydrogen-bond donors (Lipinski definition) is 2. The van der Waals surface area contributed by atoms with Crippen molar-refractivity contribution in [2.24, 2.45) is 0 Å². The number of carbonyl (C=O) groups excluding carboxylic acids is 1. The van der Waals surface area contributed by atoms with E-state index >= 15 is 0 Å². The van der Waals surface area contributed by atoms with Crippen molar-refractivity contribution in [1.82, 2.24) is 0 Å². The van der Waals surface area contributed by atoms with Gasteiger partial charge >= 0.3 is 5.97 Å². The lowest BCUT2D eigenvalue weighted by molar-refractivity contribution is 0.0694. The van der Waals surface area contributed by atoms with Gasteiger partial charge in [0, 0.05) is 18.6 Å². The fourth-order valence-corrected chi connectivity index (χ4v) is 2.10. The molecule has 0 saturated carbocycles. The molecular formula is C17H18FNO5. The molecule has 2 aromatic rings. The van der Waals surface area contributed by atoms with E-state index in [0.717, 1.165) is 6.42 Å². The molecule has 0 unspecified atom stereocenters. The summed E-state index contributed by atoms with van der Waals surface area (Å²) in [5, 5.41) is 11.6. The highest BCUT2D eigenvalue weighted by atomic mass is 19.1. The van der Waals surface area contributed by atoms with Crippen molar-refractivity contribution in [3.63, 3.8) is 0 Å². The number of carboxylic acid groups (broad SMARTS) is 1. The number of halogens is 1. The molecule has 7 heteroatoms. The van der Waals surface area contributed by atoms with Gasteiger partial charge in [0.05, 0.1) is 12.3 Å². The van der Waals surface area contributed by atoms with Crippen molar-refractivity contribution < 1.29 is 28.2 Å². The summed E-state index contributed by atoms with van der Waals surface area (Å²) >= 11 is 0. The molecule has 2 N–H and O–H groups in total. The summed E-state index contributed by atoms with van der Waals surface area (Å²) < 4.78 is 24.1. The second kappa shape index (κ2) is 7.63. The highest BCUT2D eigenvalue weighted by molar-refractivity contribution is 6.04. The predicted octanol–water partition coefficient (Wildman–Crippen LogP) is 3.72. The van der Waals surface area contributed by atoms with E-state index in [1.807, 2.05) is 6.92 Å². The summed E-state index contributed by atoms with van der Waals surface area (Å²) in [6, 6.07) is 4.91. The van der Waals surface area contributed by atoms with Crippen LogP contribution in [0.5, 0.6) is 5.75 Å². The predicted molar refractivity (Wildman–Crippen MR) is 85.2 cm³/mol. The highest BCUT2D eigenvalue weighted by Crippen LogP contribution is 2.27. The van der Waals surface area contributed by atoms with Crippen LogP contribution in [0.2, 0.25) is 0 Å². The second-order valence-electron chi connectivity index (χ2n) is 5.05. The lowest BCUT2D eigenvalue weighted by Gasteiger charge is -2.11. The fraction of sp³-hybridized carbons (Fsp3) is 0.294. The average molecular weight is 335 g/mol. The Morgan fingerprint density at radius 2 is 2.04 bits per heavy atom. The minimum absolute atomic E-state index is 0.0517. The van der Waals surface area contributed by atoms with Gasteiger partial charge in [0.25, 0.3) is 5.91 Å². The Morgan fingerprint density at radius 1 is 1.29 bits per heavy atom. The Morgan fingerprint density at radius 3 is 2.62 bits per heavy atom. The van der Waals surface area contributed by atoms with E-state index in [4.69, 9.17) is 14.3 Å². The second-order valence-corrected chi connectivity index (χ2v) is 5.05. The standard InChI is InChI=1S/C17H18FNO5/c1-3-7-23-14-8-10(18)5-6-12(14)19-16(20)15-9-11(17(21)22)13(4-2)24-15/h5-6,8-9H,3-4,7H2,1-2H3,(H,19,20)(H,21,22). The molecule has 24 heavy (non-hydrogen) atoms. The van der Waals surface area contributed by atoms with Crippen LogP contribution in [-0.4, -0.2) is 23.6 Å². The molecule has 1 amide bonds. The number of rotatable bonds is 7. The van der Waals surface area contributed by atoms with Gasteiger partial charge in [0.2, 0.25) is 0 Å². The minimum Gasteiger partial charge on any atom is -0.491 e. The lowest BCUT2D eigenvalue weighted by Crippen LogP contribution is -2.12. The summed E-state index contributed by atoms with van der Waals surface area (Å²) in [6.45, 7) is 4.00. The Bertz CT molecular complexity index is 753. The van der Waals surface area contributed by atoms with E-state index in [1.165, 1.54) is 24.3 Å². The zero-order valence-corrected chi connectivity index (χ0v) is 13.4. The number of ether oxygens (including phenoxy) is 1. The van der Waals surface area contributed by atoms with Crippen LogP contribution in [0, 0.1) is 5.82 Å². The van der Waals surface area contributed by atoms with Crippen LogP contribution in [0.4, 0.5) is 10.1 Å². The molecule has 6 nitrogen and oxygen atoms in total. The van der Waals surface area contributed by atoms with E-state index in [0.29, 0.717) is 13.0 Å². The number of carbonyl (C=O) groups is 2. The van der Waals surface area contributed by atoms with Crippen molar-refractivity contribution in [1.29, 1.82) is 0 Å². The van der Waals surface area contributed by atoms with Gasteiger partial charge in [-0.2, -0.15) is 0 Å². The first-order valence-corrected chi connectivity index (χ1v) is 7.56. The molecule has 0 aliphatic carbocycles. The number of benzene rings is 1. The van der Waals surface area contributed by atoms with Crippen molar-refractivity contribution in [2.45, 2.75) is 26.7 Å². The number of nitrogens with one attached hydrogen (secondary N) is 1. The molecule has 1 aromatic carbocycles. The molecule has 0 saturated heterocycles. The Balaban J connectivity index is 2.25. The maximum Gasteiger partial charge on any atom is 0.339 e. The molecule has 1 aromatic heterocycles. The number of anilines is 1. The Labute approximate surface area is 138 Å². The third-order valence-corrected chi connectivity index (χ3v) is 3.24. The molecule has 128 valence electrons. The van der Waals surface area contributed by atoms with E-state index < -0.39 is 17.7 Å². The first-order chi connectivity index (χ1) is 11.5. The van der Waals surface area contributed by atoms with Crippen LogP contribution >= 0.6 is 0 Å². The van der Waals surface area contributed by atoms with E-state index in [1.54, 1.807) is 6.92 Å². The van der Waals surface area contributed by atoms with E-state index in [2.05, 4.69) is 5.32 Å². The van der Waals surface area contributed by atoms with Crippen molar-refractivity contribution in [3.8, 4) is 5.75 Å². The molecule has 0 atom stereocenters. The maximum atomic E-state index is 13.3. The Hall–Kier alpha value is -2.83. The first kappa shape index (κ1) is 17.5. The van der Waals surface area contributed by atoms with Gasteiger partial charge in [-0.25, -0.2) is 9.18 Å². The van der Waals surface area contributed by atoms with Crippen LogP contribution in [-0.2, 0) is 6.42 Å². The van der Waals surface area contributed by atoms with Gasteiger partial charge in [-0.3, -0.25) is 4.79 Å². The maximum absolute atomic E-state index is 13.3. The highest BCUT2D eigenvalue weighted by Gasteiger charge is 2.21. The van der Waals surface area contributed by atoms with Crippen molar-refractivity contribution in [2.75, 3.05) is 11.9 Å². The van der Waals surface area contributed by atoms with Crippen LogP contribution in [0.25, 0.3) is 0 Å². The third-order valence-electron chi connectivity index (χ3n) is 3.24. The quantitative estimate of drug-likeness (QED) is 0.805. The van der Waals surface area contributed by atoms with Crippen LogP contribution in [0.1, 0.15) is 46.9 Å². The monoisotopic (exact) mass is 335 g/mol. The molecule has 0 spiro atoms. The molecule has 0 fully saturated rings. The molecule has 0 bridgehead atoms. The van der Waals surface area contributed by atoms with Crippen LogP contribution in [0.15, 0.2) is 28.7 Å². The van der Waals surface area contributed by atoms with E-state index in [9.17, 15) is 14.0 Å². The number of carboxylic acids is 1. The topological polar surface area (TPSA) is 88.8 Å². The normalized spacial score (nSPS) is 10.5. The third kappa shape index (κ3) is 3.92. The zero-order valence-electron chi connectivity index (χ0n) is 13.4.